The van der Waals surface area contributed by atoms with Gasteiger partial charge < -0.3 is 14.8 Å². The second-order valence-corrected chi connectivity index (χ2v) is 4.97. The largest absolute Gasteiger partial charge is 0.480 e. The summed E-state index contributed by atoms with van der Waals surface area (Å²) in [5, 5.41) is 11.7. The Morgan fingerprint density at radius 1 is 1.24 bits per heavy atom. The van der Waals surface area contributed by atoms with E-state index in [1.165, 1.54) is 13.2 Å². The Morgan fingerprint density at radius 2 is 1.90 bits per heavy atom. The summed E-state index contributed by atoms with van der Waals surface area (Å²) in [4.78, 5) is 23.6. The molecule has 5 heteroatoms. The number of benzene rings is 1. The van der Waals surface area contributed by atoms with Crippen molar-refractivity contribution in [2.75, 3.05) is 0 Å². The number of carbonyl (C=O) groups is 2. The van der Waals surface area contributed by atoms with Gasteiger partial charge in [0.2, 0.25) is 0 Å². The van der Waals surface area contributed by atoms with Gasteiger partial charge in [-0.15, -0.1) is 0 Å². The van der Waals surface area contributed by atoms with Gasteiger partial charge in [-0.05, 0) is 25.0 Å². The molecule has 2 N–H and O–H groups in total. The van der Waals surface area contributed by atoms with E-state index in [0.717, 1.165) is 5.56 Å². The maximum Gasteiger partial charge on any atom is 0.329 e. The molecule has 1 heterocycles. The van der Waals surface area contributed by atoms with Gasteiger partial charge in [-0.2, -0.15) is 0 Å². The Bertz CT molecular complexity index is 647. The summed E-state index contributed by atoms with van der Waals surface area (Å²) in [5.74, 6) is -1.50. The Kier molecular flexibility index (Phi) is 4.12. The minimum absolute atomic E-state index is 0.113. The summed E-state index contributed by atoms with van der Waals surface area (Å²) < 4.78 is 5.25. The van der Waals surface area contributed by atoms with E-state index in [4.69, 9.17) is 4.42 Å². The van der Waals surface area contributed by atoms with E-state index >= 15 is 0 Å². The van der Waals surface area contributed by atoms with Gasteiger partial charge in [-0.25, -0.2) is 4.79 Å². The van der Waals surface area contributed by atoms with Crippen molar-refractivity contribution in [3.63, 3.8) is 0 Å². The standard InChI is InChI=1S/C16H17NO4/c1-3-16(2,15(19)20)17-14(18)13-12(9-10-21-13)11-7-5-4-6-8-11/h4-10H,3H2,1-2H3,(H,17,18)(H,19,20). The molecule has 1 aromatic carbocycles. The van der Waals surface area contributed by atoms with E-state index < -0.39 is 17.4 Å². The van der Waals surface area contributed by atoms with Crippen LogP contribution in [0, 0.1) is 0 Å². The van der Waals surface area contributed by atoms with Crippen molar-refractivity contribution in [1.29, 1.82) is 0 Å². The first-order valence-corrected chi connectivity index (χ1v) is 6.67. The average Bonchev–Trinajstić information content (AvgIpc) is 2.97. The molecule has 0 aliphatic carbocycles. The average molecular weight is 287 g/mol. The third-order valence-electron chi connectivity index (χ3n) is 3.52. The second kappa shape index (κ2) is 5.83. The summed E-state index contributed by atoms with van der Waals surface area (Å²) in [6.45, 7) is 3.17. The lowest BCUT2D eigenvalue weighted by molar-refractivity contribution is -0.143. The quantitative estimate of drug-likeness (QED) is 0.886. The highest BCUT2D eigenvalue weighted by atomic mass is 16.4. The lowest BCUT2D eigenvalue weighted by atomic mass is 9.98. The first kappa shape index (κ1) is 14.8. The molecule has 2 rings (SSSR count). The lowest BCUT2D eigenvalue weighted by Gasteiger charge is -2.24. The summed E-state index contributed by atoms with van der Waals surface area (Å²) in [6, 6.07) is 11.0. The third kappa shape index (κ3) is 2.97. The molecule has 0 radical (unpaired) electrons. The van der Waals surface area contributed by atoms with E-state index in [9.17, 15) is 14.7 Å². The van der Waals surface area contributed by atoms with Crippen molar-refractivity contribution >= 4 is 11.9 Å². The van der Waals surface area contributed by atoms with Crippen molar-refractivity contribution in [3.05, 3.63) is 48.4 Å². The summed E-state index contributed by atoms with van der Waals surface area (Å²) >= 11 is 0. The van der Waals surface area contributed by atoms with E-state index in [1.54, 1.807) is 13.0 Å². The van der Waals surface area contributed by atoms with Crippen LogP contribution >= 0.6 is 0 Å². The minimum atomic E-state index is -1.32. The van der Waals surface area contributed by atoms with Gasteiger partial charge in [0.25, 0.3) is 5.91 Å². The molecule has 5 nitrogen and oxygen atoms in total. The number of carboxylic acid groups (broad SMARTS) is 1. The topological polar surface area (TPSA) is 79.5 Å². The molecule has 0 bridgehead atoms. The monoisotopic (exact) mass is 287 g/mol. The van der Waals surface area contributed by atoms with Crippen molar-refractivity contribution in [2.24, 2.45) is 0 Å². The summed E-state index contributed by atoms with van der Waals surface area (Å²) in [5.41, 5.74) is 0.152. The van der Waals surface area contributed by atoms with Gasteiger partial charge in [0.1, 0.15) is 5.54 Å². The van der Waals surface area contributed by atoms with Gasteiger partial charge in [0, 0.05) is 5.56 Å². The molecule has 0 aliphatic heterocycles. The number of furan rings is 1. The van der Waals surface area contributed by atoms with Crippen LogP contribution in [0.4, 0.5) is 0 Å². The van der Waals surface area contributed by atoms with Gasteiger partial charge in [-0.1, -0.05) is 37.3 Å². The number of nitrogens with one attached hydrogen (secondary N) is 1. The maximum atomic E-state index is 12.3. The molecule has 0 fully saturated rings. The molecule has 2 aromatic rings. The summed E-state index contributed by atoms with van der Waals surface area (Å²) in [6.07, 6.45) is 1.69. The van der Waals surface area contributed by atoms with Crippen LogP contribution in [0.25, 0.3) is 11.1 Å². The van der Waals surface area contributed by atoms with Gasteiger partial charge in [0.05, 0.1) is 6.26 Å². The highest BCUT2D eigenvalue weighted by Gasteiger charge is 2.34. The van der Waals surface area contributed by atoms with Crippen LogP contribution in [0.15, 0.2) is 47.1 Å². The van der Waals surface area contributed by atoms with Crippen LogP contribution < -0.4 is 5.32 Å². The van der Waals surface area contributed by atoms with Crippen LogP contribution in [-0.4, -0.2) is 22.5 Å². The van der Waals surface area contributed by atoms with Gasteiger partial charge in [-0.3, -0.25) is 4.79 Å². The fraction of sp³-hybridized carbons (Fsp3) is 0.250. The molecule has 1 aromatic heterocycles. The predicted octanol–water partition coefficient (Wildman–Crippen LogP) is 2.93. The second-order valence-electron chi connectivity index (χ2n) is 4.97. The number of rotatable bonds is 5. The van der Waals surface area contributed by atoms with Crippen LogP contribution in [0.3, 0.4) is 0 Å². The predicted molar refractivity (Wildman–Crippen MR) is 77.9 cm³/mol. The van der Waals surface area contributed by atoms with Crippen molar-refractivity contribution < 1.29 is 19.1 Å². The van der Waals surface area contributed by atoms with Crippen LogP contribution in [0.1, 0.15) is 30.8 Å². The Balaban J connectivity index is 2.30. The highest BCUT2D eigenvalue weighted by Crippen LogP contribution is 2.25. The molecular weight excluding hydrogens is 270 g/mol. The number of amides is 1. The van der Waals surface area contributed by atoms with E-state index in [0.29, 0.717) is 5.56 Å². The first-order chi connectivity index (χ1) is 9.98. The summed E-state index contributed by atoms with van der Waals surface area (Å²) in [7, 11) is 0. The fourth-order valence-electron chi connectivity index (χ4n) is 1.93. The van der Waals surface area contributed by atoms with Crippen LogP contribution in [-0.2, 0) is 4.79 Å². The SMILES string of the molecule is CCC(C)(NC(=O)c1occc1-c1ccccc1)C(=O)O. The van der Waals surface area contributed by atoms with Crippen LogP contribution in [0.5, 0.6) is 0 Å². The number of carbonyl (C=O) groups excluding carboxylic acids is 1. The lowest BCUT2D eigenvalue weighted by Crippen LogP contribution is -2.51. The zero-order valence-electron chi connectivity index (χ0n) is 11.9. The number of hydrogen-bond donors (Lipinski definition) is 2. The molecule has 0 aliphatic rings. The highest BCUT2D eigenvalue weighted by molar-refractivity contribution is 6.00. The van der Waals surface area contributed by atoms with E-state index in [2.05, 4.69) is 5.32 Å². The zero-order valence-corrected chi connectivity index (χ0v) is 11.9. The molecule has 0 spiro atoms. The molecule has 1 unspecified atom stereocenters. The normalized spacial score (nSPS) is 13.4. The minimum Gasteiger partial charge on any atom is -0.480 e. The molecule has 0 saturated carbocycles. The number of aliphatic carboxylic acids is 1. The Hall–Kier alpha value is -2.56. The molecule has 1 amide bonds. The van der Waals surface area contributed by atoms with Crippen molar-refractivity contribution in [1.82, 2.24) is 5.32 Å². The molecular formula is C16H17NO4. The fourth-order valence-corrected chi connectivity index (χ4v) is 1.93. The van der Waals surface area contributed by atoms with E-state index in [1.807, 2.05) is 30.3 Å². The van der Waals surface area contributed by atoms with Crippen molar-refractivity contribution in [3.8, 4) is 11.1 Å². The smallest absolute Gasteiger partial charge is 0.329 e. The molecule has 0 saturated heterocycles. The first-order valence-electron chi connectivity index (χ1n) is 6.67. The van der Waals surface area contributed by atoms with Gasteiger partial charge >= 0.3 is 5.97 Å². The van der Waals surface area contributed by atoms with E-state index in [-0.39, 0.29) is 12.2 Å². The molecule has 21 heavy (non-hydrogen) atoms. The molecule has 1 atom stereocenters. The van der Waals surface area contributed by atoms with Crippen LogP contribution in [0.2, 0.25) is 0 Å². The zero-order chi connectivity index (χ0) is 15.5. The number of hydrogen-bond acceptors (Lipinski definition) is 3. The maximum absolute atomic E-state index is 12.3. The molecule has 110 valence electrons. The Labute approximate surface area is 122 Å². The van der Waals surface area contributed by atoms with Crippen molar-refractivity contribution in [2.45, 2.75) is 25.8 Å². The number of carboxylic acids is 1. The van der Waals surface area contributed by atoms with Gasteiger partial charge in [0.15, 0.2) is 5.76 Å². The Morgan fingerprint density at radius 3 is 2.48 bits per heavy atom. The third-order valence-corrected chi connectivity index (χ3v) is 3.52.